The first-order chi connectivity index (χ1) is 8.31. The third-order valence-corrected chi connectivity index (χ3v) is 2.64. The molecule has 0 unspecified atom stereocenters. The fourth-order valence-corrected chi connectivity index (χ4v) is 1.79. The lowest BCUT2D eigenvalue weighted by Crippen LogP contribution is -2.05. The van der Waals surface area contributed by atoms with E-state index in [1.807, 2.05) is 37.4 Å². The molecule has 1 aliphatic heterocycles. The van der Waals surface area contributed by atoms with Crippen molar-refractivity contribution in [3.05, 3.63) is 41.5 Å². The molecule has 0 aromatic heterocycles. The Kier molecular flexibility index (Phi) is 3.70. The number of allylic oxidation sites excluding steroid dienone is 1. The third-order valence-electron chi connectivity index (χ3n) is 2.64. The fourth-order valence-electron chi connectivity index (χ4n) is 1.79. The SMILES string of the molecule is CCOC(=O)c1cccc(C2=CC=NCC2)c1. The maximum absolute atomic E-state index is 11.6. The Morgan fingerprint density at radius 3 is 3.06 bits per heavy atom. The van der Waals surface area contributed by atoms with Gasteiger partial charge in [0.2, 0.25) is 0 Å². The number of benzene rings is 1. The van der Waals surface area contributed by atoms with Crippen molar-refractivity contribution in [1.29, 1.82) is 0 Å². The number of hydrogen-bond donors (Lipinski definition) is 0. The number of carbonyl (C=O) groups is 1. The van der Waals surface area contributed by atoms with E-state index in [2.05, 4.69) is 4.99 Å². The Morgan fingerprint density at radius 2 is 2.35 bits per heavy atom. The van der Waals surface area contributed by atoms with E-state index in [1.54, 1.807) is 6.07 Å². The highest BCUT2D eigenvalue weighted by Gasteiger charge is 2.09. The highest BCUT2D eigenvalue weighted by atomic mass is 16.5. The molecule has 0 atom stereocenters. The second-order valence-corrected chi connectivity index (χ2v) is 3.80. The van der Waals surface area contributed by atoms with Crippen molar-refractivity contribution in [2.24, 2.45) is 4.99 Å². The number of carbonyl (C=O) groups excluding carboxylic acids is 1. The molecule has 0 saturated heterocycles. The van der Waals surface area contributed by atoms with Crippen LogP contribution < -0.4 is 0 Å². The molecule has 17 heavy (non-hydrogen) atoms. The predicted molar refractivity (Wildman–Crippen MR) is 68.4 cm³/mol. The van der Waals surface area contributed by atoms with Crippen molar-refractivity contribution in [2.45, 2.75) is 13.3 Å². The highest BCUT2D eigenvalue weighted by molar-refractivity contribution is 5.92. The molecule has 1 aromatic rings. The number of rotatable bonds is 3. The van der Waals surface area contributed by atoms with Crippen LogP contribution in [0.3, 0.4) is 0 Å². The number of ether oxygens (including phenoxy) is 1. The van der Waals surface area contributed by atoms with Crippen LogP contribution in [0, 0.1) is 0 Å². The molecule has 0 fully saturated rings. The molecule has 2 rings (SSSR count). The Bertz CT molecular complexity index is 475. The van der Waals surface area contributed by atoms with E-state index in [9.17, 15) is 4.79 Å². The van der Waals surface area contributed by atoms with E-state index in [0.29, 0.717) is 12.2 Å². The lowest BCUT2D eigenvalue weighted by atomic mass is 9.99. The first-order valence-electron chi connectivity index (χ1n) is 5.78. The lowest BCUT2D eigenvalue weighted by molar-refractivity contribution is 0.0526. The fraction of sp³-hybridized carbons (Fsp3) is 0.286. The van der Waals surface area contributed by atoms with Crippen LogP contribution in [0.15, 0.2) is 35.3 Å². The summed E-state index contributed by atoms with van der Waals surface area (Å²) in [6.07, 6.45) is 4.73. The normalized spacial score (nSPS) is 14.3. The van der Waals surface area contributed by atoms with Crippen molar-refractivity contribution in [3.63, 3.8) is 0 Å². The Hall–Kier alpha value is -1.90. The van der Waals surface area contributed by atoms with Crippen LogP contribution in [-0.4, -0.2) is 25.3 Å². The van der Waals surface area contributed by atoms with Crippen LogP contribution >= 0.6 is 0 Å². The summed E-state index contributed by atoms with van der Waals surface area (Å²) < 4.78 is 4.99. The molecule has 0 radical (unpaired) electrons. The number of hydrogen-bond acceptors (Lipinski definition) is 3. The van der Waals surface area contributed by atoms with Gasteiger partial charge in [0.15, 0.2) is 0 Å². The first kappa shape index (κ1) is 11.6. The Morgan fingerprint density at radius 1 is 1.47 bits per heavy atom. The Labute approximate surface area is 101 Å². The van der Waals surface area contributed by atoms with Gasteiger partial charge in [-0.15, -0.1) is 0 Å². The molecule has 0 saturated carbocycles. The van der Waals surface area contributed by atoms with E-state index >= 15 is 0 Å². The van der Waals surface area contributed by atoms with Crippen LogP contribution in [0.2, 0.25) is 0 Å². The monoisotopic (exact) mass is 229 g/mol. The quantitative estimate of drug-likeness (QED) is 0.747. The topological polar surface area (TPSA) is 38.7 Å². The Balaban J connectivity index is 2.25. The van der Waals surface area contributed by atoms with Gasteiger partial charge >= 0.3 is 5.97 Å². The van der Waals surface area contributed by atoms with E-state index in [4.69, 9.17) is 4.74 Å². The largest absolute Gasteiger partial charge is 0.462 e. The van der Waals surface area contributed by atoms with Gasteiger partial charge in [0.25, 0.3) is 0 Å². The average molecular weight is 229 g/mol. The van der Waals surface area contributed by atoms with Crippen LogP contribution in [0.5, 0.6) is 0 Å². The molecule has 0 spiro atoms. The van der Waals surface area contributed by atoms with Gasteiger partial charge < -0.3 is 4.74 Å². The summed E-state index contributed by atoms with van der Waals surface area (Å²) in [6, 6.07) is 7.55. The van der Waals surface area contributed by atoms with E-state index in [-0.39, 0.29) is 5.97 Å². The summed E-state index contributed by atoms with van der Waals surface area (Å²) in [5, 5.41) is 0. The molecule has 3 heteroatoms. The molecule has 0 amide bonds. The maximum Gasteiger partial charge on any atom is 0.338 e. The first-order valence-corrected chi connectivity index (χ1v) is 5.78. The molecule has 3 nitrogen and oxygen atoms in total. The molecule has 0 aliphatic carbocycles. The smallest absolute Gasteiger partial charge is 0.338 e. The molecule has 1 aromatic carbocycles. The minimum absolute atomic E-state index is 0.264. The standard InChI is InChI=1S/C14H15NO2/c1-2-17-14(16)13-5-3-4-12(10-13)11-6-8-15-9-7-11/h3-6,8,10H,2,7,9H2,1H3. The molecule has 0 bridgehead atoms. The van der Waals surface area contributed by atoms with Gasteiger partial charge in [0.05, 0.1) is 12.2 Å². The second-order valence-electron chi connectivity index (χ2n) is 3.80. The lowest BCUT2D eigenvalue weighted by Gasteiger charge is -2.10. The van der Waals surface area contributed by atoms with E-state index in [1.165, 1.54) is 5.57 Å². The van der Waals surface area contributed by atoms with Gasteiger partial charge in [0, 0.05) is 12.8 Å². The van der Waals surface area contributed by atoms with Crippen LogP contribution in [0.25, 0.3) is 5.57 Å². The van der Waals surface area contributed by atoms with Gasteiger partial charge in [-0.25, -0.2) is 4.79 Å². The summed E-state index contributed by atoms with van der Waals surface area (Å²) in [7, 11) is 0. The van der Waals surface area contributed by atoms with Gasteiger partial charge in [-0.1, -0.05) is 12.1 Å². The molecule has 1 aliphatic rings. The summed E-state index contributed by atoms with van der Waals surface area (Å²) in [4.78, 5) is 15.8. The number of aliphatic imine (C=N–C) groups is 1. The average Bonchev–Trinajstić information content (AvgIpc) is 2.40. The zero-order valence-electron chi connectivity index (χ0n) is 9.85. The number of esters is 1. The summed E-state index contributed by atoms with van der Waals surface area (Å²) >= 11 is 0. The summed E-state index contributed by atoms with van der Waals surface area (Å²) in [6.45, 7) is 3.02. The van der Waals surface area contributed by atoms with Gasteiger partial charge in [0.1, 0.15) is 0 Å². The molecule has 88 valence electrons. The van der Waals surface area contributed by atoms with Crippen LogP contribution in [-0.2, 0) is 4.74 Å². The van der Waals surface area contributed by atoms with Crippen molar-refractivity contribution in [3.8, 4) is 0 Å². The van der Waals surface area contributed by atoms with Crippen molar-refractivity contribution in [2.75, 3.05) is 13.2 Å². The second kappa shape index (κ2) is 5.43. The van der Waals surface area contributed by atoms with Gasteiger partial charge in [-0.3, -0.25) is 4.99 Å². The highest BCUT2D eigenvalue weighted by Crippen LogP contribution is 2.21. The number of dihydropyridines is 1. The van der Waals surface area contributed by atoms with Crippen LogP contribution in [0.4, 0.5) is 0 Å². The van der Waals surface area contributed by atoms with Gasteiger partial charge in [-0.05, 0) is 42.7 Å². The maximum atomic E-state index is 11.6. The minimum Gasteiger partial charge on any atom is -0.462 e. The van der Waals surface area contributed by atoms with Crippen LogP contribution in [0.1, 0.15) is 29.3 Å². The molecular weight excluding hydrogens is 214 g/mol. The summed E-state index contributed by atoms with van der Waals surface area (Å²) in [5.41, 5.74) is 2.89. The minimum atomic E-state index is -0.264. The van der Waals surface area contributed by atoms with E-state index in [0.717, 1.165) is 18.5 Å². The van der Waals surface area contributed by atoms with Crippen molar-refractivity contribution >= 4 is 17.8 Å². The third kappa shape index (κ3) is 2.81. The zero-order valence-corrected chi connectivity index (χ0v) is 9.85. The zero-order chi connectivity index (χ0) is 12.1. The molecular formula is C14H15NO2. The molecule has 1 heterocycles. The van der Waals surface area contributed by atoms with E-state index < -0.39 is 0 Å². The van der Waals surface area contributed by atoms with Crippen molar-refractivity contribution < 1.29 is 9.53 Å². The van der Waals surface area contributed by atoms with Crippen molar-refractivity contribution in [1.82, 2.24) is 0 Å². The molecule has 0 N–H and O–H groups in total. The van der Waals surface area contributed by atoms with Gasteiger partial charge in [-0.2, -0.15) is 0 Å². The predicted octanol–water partition coefficient (Wildman–Crippen LogP) is 2.72. The number of nitrogens with zero attached hydrogens (tertiary/aromatic N) is 1. The summed E-state index contributed by atoms with van der Waals surface area (Å²) in [5.74, 6) is -0.264.